The summed E-state index contributed by atoms with van der Waals surface area (Å²) in [6.45, 7) is 0. The SMILES string of the molecule is CSc1sc2cc(Br)ccc2[n+]1C. The van der Waals surface area contributed by atoms with Gasteiger partial charge >= 0.3 is 0 Å². The lowest BCUT2D eigenvalue weighted by atomic mass is 10.3. The van der Waals surface area contributed by atoms with Crippen LogP contribution >= 0.6 is 39.0 Å². The molecule has 0 atom stereocenters. The van der Waals surface area contributed by atoms with Crippen LogP contribution in [0.2, 0.25) is 0 Å². The van der Waals surface area contributed by atoms with Gasteiger partial charge in [0.1, 0.15) is 11.7 Å². The molecule has 0 aliphatic heterocycles. The van der Waals surface area contributed by atoms with Gasteiger partial charge in [0.25, 0.3) is 4.34 Å². The third-order valence-electron chi connectivity index (χ3n) is 1.93. The summed E-state index contributed by atoms with van der Waals surface area (Å²) in [6.07, 6.45) is 2.11. The lowest BCUT2D eigenvalue weighted by Gasteiger charge is -1.87. The monoisotopic (exact) mass is 274 g/mol. The minimum Gasteiger partial charge on any atom is -0.179 e. The number of aromatic nitrogens is 1. The molecule has 0 fully saturated rings. The summed E-state index contributed by atoms with van der Waals surface area (Å²) in [4.78, 5) is 0. The number of hydrogen-bond donors (Lipinski definition) is 0. The van der Waals surface area contributed by atoms with E-state index >= 15 is 0 Å². The lowest BCUT2D eigenvalue weighted by Crippen LogP contribution is -2.27. The first-order valence-electron chi connectivity index (χ1n) is 3.84. The van der Waals surface area contributed by atoms with Gasteiger partial charge in [0.15, 0.2) is 0 Å². The molecule has 2 aromatic rings. The minimum atomic E-state index is 1.15. The molecule has 2 rings (SSSR count). The smallest absolute Gasteiger partial charge is 0.179 e. The highest BCUT2D eigenvalue weighted by Crippen LogP contribution is 2.27. The fourth-order valence-electron chi connectivity index (χ4n) is 1.29. The van der Waals surface area contributed by atoms with Crippen molar-refractivity contribution in [3.8, 4) is 0 Å². The van der Waals surface area contributed by atoms with Crippen LogP contribution in [0.25, 0.3) is 10.2 Å². The van der Waals surface area contributed by atoms with Crippen molar-refractivity contribution in [3.63, 3.8) is 0 Å². The van der Waals surface area contributed by atoms with Gasteiger partial charge in [-0.05, 0) is 30.2 Å². The second-order valence-corrected chi connectivity index (χ2v) is 5.74. The van der Waals surface area contributed by atoms with E-state index in [2.05, 4.69) is 52.0 Å². The average molecular weight is 275 g/mol. The zero-order chi connectivity index (χ0) is 9.42. The van der Waals surface area contributed by atoms with Gasteiger partial charge in [0.2, 0.25) is 5.52 Å². The molecule has 0 aliphatic rings. The van der Waals surface area contributed by atoms with Crippen molar-refractivity contribution in [2.24, 2.45) is 7.05 Å². The van der Waals surface area contributed by atoms with Gasteiger partial charge in [0, 0.05) is 10.5 Å². The van der Waals surface area contributed by atoms with E-state index in [1.807, 2.05) is 11.3 Å². The van der Waals surface area contributed by atoms with Crippen molar-refractivity contribution in [2.45, 2.75) is 4.34 Å². The van der Waals surface area contributed by atoms with E-state index in [1.165, 1.54) is 14.6 Å². The van der Waals surface area contributed by atoms with Crippen molar-refractivity contribution in [3.05, 3.63) is 22.7 Å². The first-order valence-corrected chi connectivity index (χ1v) is 6.68. The fraction of sp³-hybridized carbons (Fsp3) is 0.222. The summed E-state index contributed by atoms with van der Waals surface area (Å²) >= 11 is 7.11. The van der Waals surface area contributed by atoms with Crippen LogP contribution in [0, 0.1) is 0 Å². The van der Waals surface area contributed by atoms with E-state index in [-0.39, 0.29) is 0 Å². The zero-order valence-corrected chi connectivity index (χ0v) is 10.6. The fourth-order valence-corrected chi connectivity index (χ4v) is 3.69. The predicted molar refractivity (Wildman–Crippen MR) is 62.5 cm³/mol. The van der Waals surface area contributed by atoms with E-state index in [9.17, 15) is 0 Å². The van der Waals surface area contributed by atoms with Crippen LogP contribution in [-0.4, -0.2) is 6.26 Å². The molecule has 1 aromatic carbocycles. The minimum absolute atomic E-state index is 1.15. The number of thiazole rings is 1. The second-order valence-electron chi connectivity index (χ2n) is 2.74. The van der Waals surface area contributed by atoms with Gasteiger partial charge in [-0.2, -0.15) is 4.57 Å². The third-order valence-corrected chi connectivity index (χ3v) is 4.79. The van der Waals surface area contributed by atoms with Crippen LogP contribution < -0.4 is 4.57 Å². The normalized spacial score (nSPS) is 11.0. The quantitative estimate of drug-likeness (QED) is 0.571. The second kappa shape index (κ2) is 3.59. The largest absolute Gasteiger partial charge is 0.297 e. The molecule has 0 saturated carbocycles. The molecule has 0 radical (unpaired) electrons. The standard InChI is InChI=1S/C9H9BrNS2/c1-11-7-4-3-6(10)5-8(7)13-9(11)12-2/h3-5H,1-2H3/q+1. The molecule has 0 spiro atoms. The highest BCUT2D eigenvalue weighted by molar-refractivity contribution is 9.10. The number of rotatable bonds is 1. The van der Waals surface area contributed by atoms with Crippen LogP contribution in [0.5, 0.6) is 0 Å². The maximum absolute atomic E-state index is 3.48. The number of halogens is 1. The highest BCUT2D eigenvalue weighted by atomic mass is 79.9. The summed E-state index contributed by atoms with van der Waals surface area (Å²) in [5.74, 6) is 0. The molecule has 0 unspecified atom stereocenters. The topological polar surface area (TPSA) is 3.88 Å². The molecule has 0 saturated heterocycles. The molecule has 0 aliphatic carbocycles. The van der Waals surface area contributed by atoms with Crippen molar-refractivity contribution >= 4 is 49.2 Å². The predicted octanol–water partition coefficient (Wildman–Crippen LogP) is 3.21. The van der Waals surface area contributed by atoms with Gasteiger partial charge in [-0.3, -0.25) is 0 Å². The Hall–Kier alpha value is -0.0600. The molecule has 0 bridgehead atoms. The summed E-state index contributed by atoms with van der Waals surface area (Å²) in [6, 6.07) is 6.40. The van der Waals surface area contributed by atoms with E-state index < -0.39 is 0 Å². The summed E-state index contributed by atoms with van der Waals surface area (Å²) in [7, 11) is 2.11. The Bertz CT molecular complexity index is 450. The van der Waals surface area contributed by atoms with Gasteiger partial charge < -0.3 is 0 Å². The Kier molecular flexibility index (Phi) is 2.62. The molecule has 1 nitrogen and oxygen atoms in total. The molecular weight excluding hydrogens is 266 g/mol. The molecule has 1 heterocycles. The molecule has 0 amide bonds. The molecule has 4 heteroatoms. The molecule has 1 aromatic heterocycles. The first-order chi connectivity index (χ1) is 6.22. The average Bonchev–Trinajstić information content (AvgIpc) is 2.42. The Labute approximate surface area is 93.9 Å². The number of benzene rings is 1. The van der Waals surface area contributed by atoms with Crippen LogP contribution in [0.4, 0.5) is 0 Å². The molecule has 13 heavy (non-hydrogen) atoms. The molecule has 68 valence electrons. The first kappa shape index (κ1) is 9.49. The molecular formula is C9H9BrNS2+. The Morgan fingerprint density at radius 2 is 2.23 bits per heavy atom. The summed E-state index contributed by atoms with van der Waals surface area (Å²) in [5, 5.41) is 0. The summed E-state index contributed by atoms with van der Waals surface area (Å²) in [5.41, 5.74) is 1.30. The van der Waals surface area contributed by atoms with Gasteiger partial charge in [0.05, 0.1) is 0 Å². The van der Waals surface area contributed by atoms with Gasteiger partial charge in [-0.15, -0.1) is 0 Å². The van der Waals surface area contributed by atoms with Crippen LogP contribution in [0.15, 0.2) is 27.0 Å². The molecule has 0 N–H and O–H groups in total. The number of aryl methyl sites for hydroxylation is 1. The number of hydrogen-bond acceptors (Lipinski definition) is 2. The maximum atomic E-state index is 3.48. The lowest BCUT2D eigenvalue weighted by molar-refractivity contribution is -0.676. The van der Waals surface area contributed by atoms with Crippen molar-refractivity contribution in [1.82, 2.24) is 0 Å². The number of nitrogens with zero attached hydrogens (tertiary/aromatic N) is 1. The van der Waals surface area contributed by atoms with Crippen LogP contribution in [-0.2, 0) is 7.05 Å². The van der Waals surface area contributed by atoms with E-state index in [0.717, 1.165) is 4.47 Å². The Balaban J connectivity index is 2.76. The zero-order valence-electron chi connectivity index (χ0n) is 7.37. The van der Waals surface area contributed by atoms with Crippen molar-refractivity contribution < 1.29 is 4.57 Å². The van der Waals surface area contributed by atoms with Gasteiger partial charge in [-0.25, -0.2) is 0 Å². The van der Waals surface area contributed by atoms with Gasteiger partial charge in [-0.1, -0.05) is 27.3 Å². The van der Waals surface area contributed by atoms with E-state index in [0.29, 0.717) is 0 Å². The Morgan fingerprint density at radius 1 is 1.46 bits per heavy atom. The van der Waals surface area contributed by atoms with Crippen LogP contribution in [0.3, 0.4) is 0 Å². The third kappa shape index (κ3) is 1.63. The summed E-state index contributed by atoms with van der Waals surface area (Å²) < 4.78 is 6.06. The van der Waals surface area contributed by atoms with Crippen molar-refractivity contribution in [2.75, 3.05) is 6.26 Å². The van der Waals surface area contributed by atoms with E-state index in [1.54, 1.807) is 11.8 Å². The maximum Gasteiger partial charge on any atom is 0.297 e. The van der Waals surface area contributed by atoms with Crippen LogP contribution in [0.1, 0.15) is 0 Å². The number of thioether (sulfide) groups is 1. The Morgan fingerprint density at radius 3 is 2.92 bits per heavy atom. The number of fused-ring (bicyclic) bond motifs is 1. The highest BCUT2D eigenvalue weighted by Gasteiger charge is 2.15. The van der Waals surface area contributed by atoms with E-state index in [4.69, 9.17) is 0 Å². The van der Waals surface area contributed by atoms with Crippen molar-refractivity contribution in [1.29, 1.82) is 0 Å².